The third kappa shape index (κ3) is 4.53. The van der Waals surface area contributed by atoms with Gasteiger partial charge in [0.05, 0.1) is 17.5 Å². The van der Waals surface area contributed by atoms with Crippen LogP contribution >= 0.6 is 11.8 Å². The number of benzene rings is 2. The Labute approximate surface area is 179 Å². The van der Waals surface area contributed by atoms with E-state index in [0.717, 1.165) is 34.8 Å². The standard InChI is InChI=1S/C22H24F2N4OS/c1-13-6-7-14(2)20(10-13)28-16(4)25-26-22(28)30-12-21(29)27(5)15(3)17-8-9-18(23)19(24)11-17/h6-11,15H,12H2,1-5H3. The van der Waals surface area contributed by atoms with Crippen LogP contribution in [0.15, 0.2) is 41.6 Å². The van der Waals surface area contributed by atoms with Gasteiger partial charge in [-0.15, -0.1) is 10.2 Å². The van der Waals surface area contributed by atoms with Crippen LogP contribution in [0.4, 0.5) is 8.78 Å². The minimum atomic E-state index is -0.924. The smallest absolute Gasteiger partial charge is 0.233 e. The molecule has 30 heavy (non-hydrogen) atoms. The van der Waals surface area contributed by atoms with Gasteiger partial charge in [-0.05, 0) is 62.6 Å². The van der Waals surface area contributed by atoms with Crippen LogP contribution in [0.2, 0.25) is 0 Å². The van der Waals surface area contributed by atoms with Gasteiger partial charge >= 0.3 is 0 Å². The van der Waals surface area contributed by atoms with E-state index in [1.165, 1.54) is 22.7 Å². The van der Waals surface area contributed by atoms with Crippen molar-refractivity contribution < 1.29 is 13.6 Å². The molecular weight excluding hydrogens is 406 g/mol. The van der Waals surface area contributed by atoms with Crippen molar-refractivity contribution in [3.05, 3.63) is 70.5 Å². The molecule has 2 aromatic carbocycles. The summed E-state index contributed by atoms with van der Waals surface area (Å²) in [6.07, 6.45) is 0. The van der Waals surface area contributed by atoms with Crippen molar-refractivity contribution in [3.63, 3.8) is 0 Å². The molecule has 5 nitrogen and oxygen atoms in total. The number of aromatic nitrogens is 3. The van der Waals surface area contributed by atoms with Gasteiger partial charge in [-0.1, -0.05) is 30.0 Å². The Bertz CT molecular complexity index is 1080. The van der Waals surface area contributed by atoms with Crippen LogP contribution in [0.5, 0.6) is 0 Å². The third-order valence-corrected chi connectivity index (χ3v) is 6.04. The predicted octanol–water partition coefficient (Wildman–Crippen LogP) is 4.78. The summed E-state index contributed by atoms with van der Waals surface area (Å²) in [6, 6.07) is 9.44. The third-order valence-electron chi connectivity index (χ3n) is 5.13. The Kier molecular flexibility index (Phi) is 6.55. The highest BCUT2D eigenvalue weighted by Crippen LogP contribution is 2.26. The van der Waals surface area contributed by atoms with Crippen molar-refractivity contribution in [1.82, 2.24) is 19.7 Å². The monoisotopic (exact) mass is 430 g/mol. The van der Waals surface area contributed by atoms with Crippen LogP contribution in [0.25, 0.3) is 5.69 Å². The van der Waals surface area contributed by atoms with E-state index >= 15 is 0 Å². The van der Waals surface area contributed by atoms with E-state index in [2.05, 4.69) is 16.3 Å². The minimum absolute atomic E-state index is 0.146. The first-order valence-corrected chi connectivity index (χ1v) is 10.5. The first kappa shape index (κ1) is 22.0. The maximum Gasteiger partial charge on any atom is 0.233 e. The number of thioether (sulfide) groups is 1. The van der Waals surface area contributed by atoms with Crippen LogP contribution in [0.1, 0.15) is 35.5 Å². The van der Waals surface area contributed by atoms with Gasteiger partial charge in [-0.3, -0.25) is 9.36 Å². The molecule has 0 fully saturated rings. The molecule has 0 spiro atoms. The molecule has 0 aliphatic heterocycles. The number of hydrogen-bond donors (Lipinski definition) is 0. The fourth-order valence-corrected chi connectivity index (χ4v) is 4.03. The van der Waals surface area contributed by atoms with Gasteiger partial charge in [0.25, 0.3) is 0 Å². The molecule has 3 rings (SSSR count). The zero-order chi connectivity index (χ0) is 22.0. The quantitative estimate of drug-likeness (QED) is 0.528. The number of carbonyl (C=O) groups excluding carboxylic acids is 1. The predicted molar refractivity (Wildman–Crippen MR) is 114 cm³/mol. The molecule has 1 atom stereocenters. The molecule has 1 amide bonds. The number of hydrogen-bond acceptors (Lipinski definition) is 4. The summed E-state index contributed by atoms with van der Waals surface area (Å²) in [5.74, 6) is -1.09. The summed E-state index contributed by atoms with van der Waals surface area (Å²) in [5.41, 5.74) is 3.72. The van der Waals surface area contributed by atoms with Crippen LogP contribution in [-0.2, 0) is 4.79 Å². The first-order valence-electron chi connectivity index (χ1n) is 9.52. The minimum Gasteiger partial charge on any atom is -0.338 e. The lowest BCUT2D eigenvalue weighted by atomic mass is 10.1. The normalized spacial score (nSPS) is 12.1. The van der Waals surface area contributed by atoms with Crippen molar-refractivity contribution >= 4 is 17.7 Å². The zero-order valence-corrected chi connectivity index (χ0v) is 18.4. The van der Waals surface area contributed by atoms with E-state index < -0.39 is 17.7 Å². The Morgan fingerprint density at radius 1 is 1.10 bits per heavy atom. The summed E-state index contributed by atoms with van der Waals surface area (Å²) in [6.45, 7) is 7.69. The summed E-state index contributed by atoms with van der Waals surface area (Å²) >= 11 is 1.30. The zero-order valence-electron chi connectivity index (χ0n) is 17.6. The number of nitrogens with zero attached hydrogens (tertiary/aromatic N) is 4. The maximum atomic E-state index is 13.5. The molecule has 8 heteroatoms. The molecule has 0 saturated carbocycles. The highest BCUT2D eigenvalue weighted by Gasteiger charge is 2.21. The largest absolute Gasteiger partial charge is 0.338 e. The molecule has 0 saturated heterocycles. The molecule has 0 N–H and O–H groups in total. The molecular formula is C22H24F2N4OS. The van der Waals surface area contributed by atoms with E-state index in [0.29, 0.717) is 10.7 Å². The van der Waals surface area contributed by atoms with Gasteiger partial charge in [-0.2, -0.15) is 0 Å². The molecule has 158 valence electrons. The van der Waals surface area contributed by atoms with E-state index in [9.17, 15) is 13.6 Å². The number of rotatable bonds is 6. The topological polar surface area (TPSA) is 51.0 Å². The molecule has 0 aliphatic rings. The highest BCUT2D eigenvalue weighted by atomic mass is 32.2. The fourth-order valence-electron chi connectivity index (χ4n) is 3.11. The van der Waals surface area contributed by atoms with E-state index in [4.69, 9.17) is 0 Å². The number of aryl methyl sites for hydroxylation is 3. The molecule has 0 aliphatic carbocycles. The summed E-state index contributed by atoms with van der Waals surface area (Å²) in [7, 11) is 1.65. The molecule has 0 radical (unpaired) electrons. The second kappa shape index (κ2) is 8.95. The fraction of sp³-hybridized carbons (Fsp3) is 0.318. The Morgan fingerprint density at radius 3 is 2.53 bits per heavy atom. The Morgan fingerprint density at radius 2 is 1.83 bits per heavy atom. The Balaban J connectivity index is 1.75. The number of halogens is 2. The van der Waals surface area contributed by atoms with Crippen molar-refractivity contribution in [3.8, 4) is 5.69 Å². The molecule has 1 aromatic heterocycles. The lowest BCUT2D eigenvalue weighted by Crippen LogP contribution is -2.31. The number of carbonyl (C=O) groups is 1. The lowest BCUT2D eigenvalue weighted by molar-refractivity contribution is -0.128. The second-order valence-electron chi connectivity index (χ2n) is 7.30. The van der Waals surface area contributed by atoms with Gasteiger partial charge in [0.1, 0.15) is 5.82 Å². The maximum absolute atomic E-state index is 13.5. The van der Waals surface area contributed by atoms with Crippen molar-refractivity contribution in [1.29, 1.82) is 0 Å². The van der Waals surface area contributed by atoms with Crippen molar-refractivity contribution in [2.24, 2.45) is 0 Å². The van der Waals surface area contributed by atoms with E-state index in [1.54, 1.807) is 14.0 Å². The van der Waals surface area contributed by atoms with E-state index in [1.807, 2.05) is 37.5 Å². The lowest BCUT2D eigenvalue weighted by Gasteiger charge is -2.25. The molecule has 0 bridgehead atoms. The highest BCUT2D eigenvalue weighted by molar-refractivity contribution is 7.99. The van der Waals surface area contributed by atoms with Gasteiger partial charge in [0, 0.05) is 7.05 Å². The Hall–Kier alpha value is -2.74. The first-order chi connectivity index (χ1) is 14.2. The van der Waals surface area contributed by atoms with Crippen LogP contribution in [-0.4, -0.2) is 38.4 Å². The summed E-state index contributed by atoms with van der Waals surface area (Å²) in [5, 5.41) is 9.04. The second-order valence-corrected chi connectivity index (χ2v) is 8.24. The SMILES string of the molecule is Cc1ccc(C)c(-n2c(C)nnc2SCC(=O)N(C)C(C)c2ccc(F)c(F)c2)c1. The van der Waals surface area contributed by atoms with Gasteiger partial charge in [0.2, 0.25) is 5.91 Å². The average Bonchev–Trinajstić information content (AvgIpc) is 3.09. The molecule has 1 heterocycles. The van der Waals surface area contributed by atoms with Crippen molar-refractivity contribution in [2.45, 2.75) is 38.9 Å². The van der Waals surface area contributed by atoms with Crippen LogP contribution in [0, 0.1) is 32.4 Å². The molecule has 1 unspecified atom stereocenters. The summed E-state index contributed by atoms with van der Waals surface area (Å²) < 4.78 is 28.7. The number of amides is 1. The van der Waals surface area contributed by atoms with Gasteiger partial charge in [-0.25, -0.2) is 8.78 Å². The van der Waals surface area contributed by atoms with Crippen LogP contribution < -0.4 is 0 Å². The molecule has 3 aromatic rings. The van der Waals surface area contributed by atoms with Gasteiger partial charge < -0.3 is 4.90 Å². The van der Waals surface area contributed by atoms with Crippen molar-refractivity contribution in [2.75, 3.05) is 12.8 Å². The summed E-state index contributed by atoms with van der Waals surface area (Å²) in [4.78, 5) is 14.3. The van der Waals surface area contributed by atoms with Crippen LogP contribution in [0.3, 0.4) is 0 Å². The van der Waals surface area contributed by atoms with Gasteiger partial charge in [0.15, 0.2) is 16.8 Å². The average molecular weight is 431 g/mol. The van der Waals surface area contributed by atoms with E-state index in [-0.39, 0.29) is 11.7 Å².